The molecule has 0 amide bonds. The van der Waals surface area contributed by atoms with Crippen molar-refractivity contribution in [3.05, 3.63) is 34.9 Å². The van der Waals surface area contributed by atoms with Crippen molar-refractivity contribution in [2.75, 3.05) is 18.8 Å². The van der Waals surface area contributed by atoms with Gasteiger partial charge in [-0.25, -0.2) is 0 Å². The number of unbranched alkanes of at least 4 members (excludes halogenated alkanes) is 1. The summed E-state index contributed by atoms with van der Waals surface area (Å²) in [7, 11) is 0. The highest BCUT2D eigenvalue weighted by Gasteiger charge is 1.98. The van der Waals surface area contributed by atoms with Crippen LogP contribution in [0.1, 0.15) is 29.5 Å². The van der Waals surface area contributed by atoms with Gasteiger partial charge in [0.25, 0.3) is 0 Å². The smallest absolute Gasteiger partial charge is 0.00397 e. The van der Waals surface area contributed by atoms with Gasteiger partial charge in [0.2, 0.25) is 0 Å². The fourth-order valence-corrected chi connectivity index (χ4v) is 2.00. The van der Waals surface area contributed by atoms with Gasteiger partial charge in [0.15, 0.2) is 0 Å². The monoisotopic (exact) mass is 237 g/mol. The zero-order valence-corrected chi connectivity index (χ0v) is 11.3. The quantitative estimate of drug-likeness (QED) is 0.548. The van der Waals surface area contributed by atoms with Crippen LogP contribution in [0.2, 0.25) is 0 Å². The molecule has 0 aliphatic rings. The number of benzene rings is 1. The summed E-state index contributed by atoms with van der Waals surface area (Å²) in [6.45, 7) is 6.50. The maximum absolute atomic E-state index is 4.17. The molecule has 1 nitrogen and oxygen atoms in total. The summed E-state index contributed by atoms with van der Waals surface area (Å²) < 4.78 is 0. The second-order valence-electron chi connectivity index (χ2n) is 4.36. The van der Waals surface area contributed by atoms with E-state index in [0.29, 0.717) is 0 Å². The first kappa shape index (κ1) is 13.6. The maximum atomic E-state index is 4.17. The normalized spacial score (nSPS) is 10.7. The molecule has 0 saturated carbocycles. The van der Waals surface area contributed by atoms with E-state index in [1.807, 2.05) is 0 Å². The first-order valence-corrected chi connectivity index (χ1v) is 6.75. The molecule has 1 aromatic rings. The minimum Gasteiger partial charge on any atom is -0.316 e. The zero-order chi connectivity index (χ0) is 11.8. The highest BCUT2D eigenvalue weighted by Crippen LogP contribution is 2.13. The fraction of sp³-hybridized carbons (Fsp3) is 0.571. The van der Waals surface area contributed by atoms with E-state index in [4.69, 9.17) is 0 Å². The summed E-state index contributed by atoms with van der Waals surface area (Å²) in [4.78, 5) is 0. The second-order valence-corrected chi connectivity index (χ2v) is 4.81. The van der Waals surface area contributed by atoms with E-state index in [9.17, 15) is 0 Å². The Hall–Kier alpha value is -0.470. The molecule has 0 saturated heterocycles. The van der Waals surface area contributed by atoms with Crippen LogP contribution in [0.3, 0.4) is 0 Å². The number of rotatable bonds is 7. The van der Waals surface area contributed by atoms with E-state index in [1.54, 1.807) is 0 Å². The Kier molecular flexibility index (Phi) is 6.58. The Balaban J connectivity index is 2.23. The molecule has 0 heterocycles. The summed E-state index contributed by atoms with van der Waals surface area (Å²) in [5.74, 6) is 0.928. The minimum atomic E-state index is 0.928. The van der Waals surface area contributed by atoms with E-state index in [-0.39, 0.29) is 0 Å². The van der Waals surface area contributed by atoms with Crippen LogP contribution in [0, 0.1) is 13.8 Å². The van der Waals surface area contributed by atoms with E-state index in [0.717, 1.165) is 18.8 Å². The molecule has 16 heavy (non-hydrogen) atoms. The van der Waals surface area contributed by atoms with Gasteiger partial charge in [0.05, 0.1) is 0 Å². The lowest BCUT2D eigenvalue weighted by atomic mass is 10.0. The van der Waals surface area contributed by atoms with Crippen molar-refractivity contribution in [3.8, 4) is 0 Å². The van der Waals surface area contributed by atoms with Gasteiger partial charge in [0, 0.05) is 12.3 Å². The van der Waals surface area contributed by atoms with Crippen molar-refractivity contribution in [1.29, 1.82) is 0 Å². The van der Waals surface area contributed by atoms with Gasteiger partial charge < -0.3 is 5.32 Å². The van der Waals surface area contributed by atoms with Crippen LogP contribution in [0.5, 0.6) is 0 Å². The number of nitrogens with one attached hydrogen (secondary N) is 1. The summed E-state index contributed by atoms with van der Waals surface area (Å²) in [5, 5.41) is 3.37. The van der Waals surface area contributed by atoms with Crippen LogP contribution in [0.15, 0.2) is 18.2 Å². The predicted molar refractivity (Wildman–Crippen MR) is 75.6 cm³/mol. The molecule has 0 bridgehead atoms. The van der Waals surface area contributed by atoms with Gasteiger partial charge in [-0.3, -0.25) is 0 Å². The van der Waals surface area contributed by atoms with Gasteiger partial charge in [0.1, 0.15) is 0 Å². The Labute approximate surface area is 105 Å². The molecule has 0 unspecified atom stereocenters. The third kappa shape index (κ3) is 5.04. The van der Waals surface area contributed by atoms with E-state index in [1.165, 1.54) is 36.0 Å². The average molecular weight is 237 g/mol. The van der Waals surface area contributed by atoms with Crippen LogP contribution in [0.25, 0.3) is 0 Å². The molecule has 0 aliphatic carbocycles. The van der Waals surface area contributed by atoms with Crippen LogP contribution in [-0.4, -0.2) is 18.8 Å². The topological polar surface area (TPSA) is 12.0 Å². The molecule has 0 spiro atoms. The van der Waals surface area contributed by atoms with Crippen molar-refractivity contribution in [2.24, 2.45) is 0 Å². The molecule has 1 aromatic carbocycles. The third-order valence-corrected chi connectivity index (χ3v) is 3.07. The third-order valence-electron chi connectivity index (χ3n) is 2.84. The van der Waals surface area contributed by atoms with E-state index < -0.39 is 0 Å². The molecule has 0 radical (unpaired) electrons. The first-order chi connectivity index (χ1) is 7.74. The van der Waals surface area contributed by atoms with Crippen LogP contribution in [0.4, 0.5) is 0 Å². The Morgan fingerprint density at radius 3 is 2.69 bits per heavy atom. The first-order valence-electron chi connectivity index (χ1n) is 6.11. The summed E-state index contributed by atoms with van der Waals surface area (Å²) >= 11 is 4.17. The Bertz CT molecular complexity index is 310. The zero-order valence-electron chi connectivity index (χ0n) is 10.4. The summed E-state index contributed by atoms with van der Waals surface area (Å²) in [5.41, 5.74) is 4.30. The number of hydrogen-bond donors (Lipinski definition) is 2. The van der Waals surface area contributed by atoms with E-state index >= 15 is 0 Å². The lowest BCUT2D eigenvalue weighted by Gasteiger charge is -2.07. The van der Waals surface area contributed by atoms with Gasteiger partial charge in [-0.1, -0.05) is 23.8 Å². The lowest BCUT2D eigenvalue weighted by Crippen LogP contribution is -2.17. The summed E-state index contributed by atoms with van der Waals surface area (Å²) in [6.07, 6.45) is 3.72. The van der Waals surface area contributed by atoms with Gasteiger partial charge in [-0.05, 0) is 50.8 Å². The highest BCUT2D eigenvalue weighted by atomic mass is 32.1. The Morgan fingerprint density at radius 1 is 1.12 bits per heavy atom. The number of hydrogen-bond acceptors (Lipinski definition) is 2. The molecule has 1 N–H and O–H groups in total. The predicted octanol–water partition coefficient (Wildman–Crippen LogP) is 3.15. The molecule has 90 valence electrons. The molecule has 1 rings (SSSR count). The molecule has 0 atom stereocenters. The number of aryl methyl sites for hydroxylation is 3. The van der Waals surface area contributed by atoms with Crippen LogP contribution < -0.4 is 5.32 Å². The van der Waals surface area contributed by atoms with Crippen molar-refractivity contribution in [3.63, 3.8) is 0 Å². The maximum Gasteiger partial charge on any atom is 0.00397 e. The van der Waals surface area contributed by atoms with Gasteiger partial charge in [-0.2, -0.15) is 12.6 Å². The molecule has 0 aromatic heterocycles. The standard InChI is InChI=1S/C14H23NS/c1-12-6-7-13(2)14(11-12)5-3-4-8-15-9-10-16/h6-7,11,15-16H,3-5,8-10H2,1-2H3. The molecular formula is C14H23NS. The largest absolute Gasteiger partial charge is 0.316 e. The van der Waals surface area contributed by atoms with Gasteiger partial charge >= 0.3 is 0 Å². The van der Waals surface area contributed by atoms with Crippen molar-refractivity contribution in [2.45, 2.75) is 33.1 Å². The lowest BCUT2D eigenvalue weighted by molar-refractivity contribution is 0.643. The minimum absolute atomic E-state index is 0.928. The van der Waals surface area contributed by atoms with Crippen LogP contribution in [-0.2, 0) is 6.42 Å². The molecule has 2 heteroatoms. The fourth-order valence-electron chi connectivity index (χ4n) is 1.84. The number of thiol groups is 1. The second kappa shape index (κ2) is 7.75. The molecular weight excluding hydrogens is 214 g/mol. The molecule has 0 aliphatic heterocycles. The Morgan fingerprint density at radius 2 is 1.94 bits per heavy atom. The molecule has 0 fully saturated rings. The van der Waals surface area contributed by atoms with E-state index in [2.05, 4.69) is 50.0 Å². The van der Waals surface area contributed by atoms with Crippen molar-refractivity contribution < 1.29 is 0 Å². The SMILES string of the molecule is Cc1ccc(C)c(CCCCNCCS)c1. The average Bonchev–Trinajstić information content (AvgIpc) is 2.28. The summed E-state index contributed by atoms with van der Waals surface area (Å²) in [6, 6.07) is 6.73. The van der Waals surface area contributed by atoms with Gasteiger partial charge in [-0.15, -0.1) is 0 Å². The van der Waals surface area contributed by atoms with Crippen molar-refractivity contribution >= 4 is 12.6 Å². The van der Waals surface area contributed by atoms with Crippen LogP contribution >= 0.6 is 12.6 Å². The van der Waals surface area contributed by atoms with Crippen molar-refractivity contribution in [1.82, 2.24) is 5.32 Å². The highest BCUT2D eigenvalue weighted by molar-refractivity contribution is 7.80.